The molecule has 0 bridgehead atoms. The van der Waals surface area contributed by atoms with E-state index < -0.39 is 0 Å². The molecule has 0 saturated carbocycles. The normalized spacial score (nSPS) is 11.0. The van der Waals surface area contributed by atoms with Crippen molar-refractivity contribution in [1.82, 2.24) is 5.32 Å². The molecule has 0 unspecified atom stereocenters. The largest absolute Gasteiger partial charge is 0.497 e. The molecule has 1 aromatic rings. The van der Waals surface area contributed by atoms with Crippen molar-refractivity contribution in [2.75, 3.05) is 26.0 Å². The highest BCUT2D eigenvalue weighted by molar-refractivity contribution is 8.00. The lowest BCUT2D eigenvalue weighted by atomic mass is 10.3. The van der Waals surface area contributed by atoms with Gasteiger partial charge in [0.15, 0.2) is 6.61 Å². The first-order chi connectivity index (χ1) is 9.40. The first-order valence-electron chi connectivity index (χ1n) is 6.58. The minimum absolute atomic E-state index is 0.0212. The van der Waals surface area contributed by atoms with Gasteiger partial charge in [-0.05, 0) is 12.1 Å². The van der Waals surface area contributed by atoms with Crippen molar-refractivity contribution in [3.8, 4) is 11.5 Å². The summed E-state index contributed by atoms with van der Waals surface area (Å²) in [6.45, 7) is 7.15. The maximum atomic E-state index is 11.6. The van der Waals surface area contributed by atoms with Crippen LogP contribution < -0.4 is 14.8 Å². The van der Waals surface area contributed by atoms with Crippen molar-refractivity contribution in [3.63, 3.8) is 0 Å². The second kappa shape index (κ2) is 8.04. The molecule has 0 aliphatic rings. The van der Waals surface area contributed by atoms with E-state index in [4.69, 9.17) is 9.47 Å². The Hall–Kier alpha value is -1.36. The lowest BCUT2D eigenvalue weighted by Gasteiger charge is -2.17. The average molecular weight is 297 g/mol. The molecule has 0 aliphatic heterocycles. The van der Waals surface area contributed by atoms with Gasteiger partial charge in [-0.1, -0.05) is 26.8 Å². The number of hydrogen-bond donors (Lipinski definition) is 1. The summed E-state index contributed by atoms with van der Waals surface area (Å²) in [5, 5.41) is 2.84. The SMILES string of the molecule is COc1cccc(OCC(=O)NCCSC(C)(C)C)c1. The van der Waals surface area contributed by atoms with Crippen LogP contribution in [0.3, 0.4) is 0 Å². The third kappa shape index (κ3) is 7.28. The highest BCUT2D eigenvalue weighted by atomic mass is 32.2. The molecule has 1 rings (SSSR count). The molecule has 20 heavy (non-hydrogen) atoms. The molecule has 4 nitrogen and oxygen atoms in total. The van der Waals surface area contributed by atoms with Crippen LogP contribution in [0.1, 0.15) is 20.8 Å². The summed E-state index contributed by atoms with van der Waals surface area (Å²) in [4.78, 5) is 11.6. The molecule has 0 spiro atoms. The Kier molecular flexibility index (Phi) is 6.71. The minimum Gasteiger partial charge on any atom is -0.497 e. The molecule has 5 heteroatoms. The summed E-state index contributed by atoms with van der Waals surface area (Å²) in [5.41, 5.74) is 0. The van der Waals surface area contributed by atoms with E-state index in [0.29, 0.717) is 18.0 Å². The number of carbonyl (C=O) groups is 1. The smallest absolute Gasteiger partial charge is 0.257 e. The number of hydrogen-bond acceptors (Lipinski definition) is 4. The fourth-order valence-corrected chi connectivity index (χ4v) is 2.26. The summed E-state index contributed by atoms with van der Waals surface area (Å²) in [7, 11) is 1.60. The monoisotopic (exact) mass is 297 g/mol. The third-order valence-corrected chi connectivity index (χ3v) is 3.64. The molecule has 112 valence electrons. The Morgan fingerprint density at radius 3 is 2.65 bits per heavy atom. The number of nitrogens with one attached hydrogen (secondary N) is 1. The van der Waals surface area contributed by atoms with Crippen LogP contribution in [-0.2, 0) is 4.79 Å². The zero-order valence-corrected chi connectivity index (χ0v) is 13.4. The molecule has 0 fully saturated rings. The van der Waals surface area contributed by atoms with Gasteiger partial charge in [0.2, 0.25) is 0 Å². The zero-order valence-electron chi connectivity index (χ0n) is 12.6. The van der Waals surface area contributed by atoms with Crippen LogP contribution in [-0.4, -0.2) is 36.7 Å². The predicted molar refractivity (Wildman–Crippen MR) is 83.7 cm³/mol. The van der Waals surface area contributed by atoms with Crippen molar-refractivity contribution >= 4 is 17.7 Å². The van der Waals surface area contributed by atoms with Crippen LogP contribution in [0.25, 0.3) is 0 Å². The molecule has 0 atom stereocenters. The predicted octanol–water partition coefficient (Wildman–Crippen LogP) is 2.72. The van der Waals surface area contributed by atoms with Gasteiger partial charge in [-0.2, -0.15) is 11.8 Å². The molecule has 1 amide bonds. The van der Waals surface area contributed by atoms with Crippen LogP contribution in [0.2, 0.25) is 0 Å². The second-order valence-electron chi connectivity index (χ2n) is 5.28. The quantitative estimate of drug-likeness (QED) is 0.786. The zero-order chi connectivity index (χ0) is 15.0. The number of thioether (sulfide) groups is 1. The lowest BCUT2D eigenvalue weighted by molar-refractivity contribution is -0.122. The number of carbonyl (C=O) groups excluding carboxylic acids is 1. The Balaban J connectivity index is 2.22. The molecule has 0 radical (unpaired) electrons. The first kappa shape index (κ1) is 16.7. The Bertz CT molecular complexity index is 429. The highest BCUT2D eigenvalue weighted by Crippen LogP contribution is 2.22. The molecule has 0 heterocycles. The molecule has 0 saturated heterocycles. The van der Waals surface area contributed by atoms with Crippen molar-refractivity contribution in [3.05, 3.63) is 24.3 Å². The van der Waals surface area contributed by atoms with E-state index in [0.717, 1.165) is 5.75 Å². The Morgan fingerprint density at radius 2 is 2.00 bits per heavy atom. The van der Waals surface area contributed by atoms with Crippen LogP contribution >= 0.6 is 11.8 Å². The van der Waals surface area contributed by atoms with Gasteiger partial charge in [-0.3, -0.25) is 4.79 Å². The molecular weight excluding hydrogens is 274 g/mol. The van der Waals surface area contributed by atoms with E-state index in [1.807, 2.05) is 23.9 Å². The standard InChI is InChI=1S/C15H23NO3S/c1-15(2,3)20-9-8-16-14(17)11-19-13-7-5-6-12(10-13)18-4/h5-7,10H,8-9,11H2,1-4H3,(H,16,17). The maximum absolute atomic E-state index is 11.6. The minimum atomic E-state index is -0.109. The lowest BCUT2D eigenvalue weighted by Crippen LogP contribution is -2.31. The first-order valence-corrected chi connectivity index (χ1v) is 7.57. The fourth-order valence-electron chi connectivity index (χ4n) is 1.44. The van der Waals surface area contributed by atoms with Gasteiger partial charge in [0.25, 0.3) is 5.91 Å². The number of rotatable bonds is 7. The van der Waals surface area contributed by atoms with Crippen molar-refractivity contribution < 1.29 is 14.3 Å². The van der Waals surface area contributed by atoms with Crippen molar-refractivity contribution in [2.24, 2.45) is 0 Å². The second-order valence-corrected chi connectivity index (χ2v) is 7.20. The van der Waals surface area contributed by atoms with E-state index in [1.165, 1.54) is 0 Å². The van der Waals surface area contributed by atoms with Gasteiger partial charge in [-0.15, -0.1) is 0 Å². The number of benzene rings is 1. The molecule has 1 aromatic carbocycles. The van der Waals surface area contributed by atoms with Crippen LogP contribution in [0.4, 0.5) is 0 Å². The molecule has 0 aromatic heterocycles. The van der Waals surface area contributed by atoms with Crippen LogP contribution in [0.5, 0.6) is 11.5 Å². The summed E-state index contributed by atoms with van der Waals surface area (Å²) < 4.78 is 10.7. The van der Waals surface area contributed by atoms with Crippen LogP contribution in [0.15, 0.2) is 24.3 Å². The van der Waals surface area contributed by atoms with Gasteiger partial charge in [0, 0.05) is 23.1 Å². The topological polar surface area (TPSA) is 47.6 Å². The van der Waals surface area contributed by atoms with Crippen LogP contribution in [0, 0.1) is 0 Å². The van der Waals surface area contributed by atoms with Gasteiger partial charge in [0.05, 0.1) is 7.11 Å². The fraction of sp³-hybridized carbons (Fsp3) is 0.533. The third-order valence-electron chi connectivity index (χ3n) is 2.37. The number of amides is 1. The van der Waals surface area contributed by atoms with E-state index in [1.54, 1.807) is 19.2 Å². The number of ether oxygens (including phenoxy) is 2. The van der Waals surface area contributed by atoms with E-state index in [2.05, 4.69) is 26.1 Å². The Labute approximate surface area is 125 Å². The summed E-state index contributed by atoms with van der Waals surface area (Å²) >= 11 is 1.82. The summed E-state index contributed by atoms with van der Waals surface area (Å²) in [5.74, 6) is 2.13. The molecule has 0 aliphatic carbocycles. The summed E-state index contributed by atoms with van der Waals surface area (Å²) in [6.07, 6.45) is 0. The average Bonchev–Trinajstić information content (AvgIpc) is 2.40. The Morgan fingerprint density at radius 1 is 1.30 bits per heavy atom. The van der Waals surface area contributed by atoms with Crippen molar-refractivity contribution in [1.29, 1.82) is 0 Å². The number of methoxy groups -OCH3 is 1. The highest BCUT2D eigenvalue weighted by Gasteiger charge is 2.10. The van der Waals surface area contributed by atoms with Gasteiger partial charge >= 0.3 is 0 Å². The maximum Gasteiger partial charge on any atom is 0.257 e. The van der Waals surface area contributed by atoms with Crippen molar-refractivity contribution in [2.45, 2.75) is 25.5 Å². The van der Waals surface area contributed by atoms with E-state index in [9.17, 15) is 4.79 Å². The van der Waals surface area contributed by atoms with Gasteiger partial charge in [0.1, 0.15) is 11.5 Å². The molecule has 1 N–H and O–H groups in total. The molecular formula is C15H23NO3S. The summed E-state index contributed by atoms with van der Waals surface area (Å²) in [6, 6.07) is 7.21. The van der Waals surface area contributed by atoms with Gasteiger partial charge < -0.3 is 14.8 Å². The van der Waals surface area contributed by atoms with E-state index in [-0.39, 0.29) is 17.3 Å². The van der Waals surface area contributed by atoms with E-state index >= 15 is 0 Å². The van der Waals surface area contributed by atoms with Gasteiger partial charge in [-0.25, -0.2) is 0 Å².